The molecule has 12 nitrogen and oxygen atoms in total. The molecule has 124 valence electrons. The van der Waals surface area contributed by atoms with Crippen molar-refractivity contribution >= 4 is 0 Å². The Balaban J connectivity index is 0.000000318. The van der Waals surface area contributed by atoms with Crippen molar-refractivity contribution in [2.24, 2.45) is 0 Å². The average Bonchev–Trinajstić information content (AvgIpc) is 2.49. The monoisotopic (exact) mass is 522 g/mol. The van der Waals surface area contributed by atoms with Gasteiger partial charge in [-0.3, -0.25) is 0 Å². The number of nitroso groups, excluding NO2 is 2. The summed E-state index contributed by atoms with van der Waals surface area (Å²) < 4.78 is 9.28. The molecule has 1 saturated heterocycles. The fraction of sp³-hybridized carbons (Fsp3) is 0.600. The van der Waals surface area contributed by atoms with Crippen molar-refractivity contribution in [1.82, 2.24) is 0 Å². The summed E-state index contributed by atoms with van der Waals surface area (Å²) in [5, 5.41) is 16.4. The zero-order chi connectivity index (χ0) is 17.5. The van der Waals surface area contributed by atoms with E-state index in [0.717, 1.165) is 35.5 Å². The number of piperidine rings is 1. The maximum atomic E-state index is 10.4. The van der Waals surface area contributed by atoms with Crippen LogP contribution in [0, 0.1) is 30.0 Å². The van der Waals surface area contributed by atoms with Gasteiger partial charge < -0.3 is 0 Å². The van der Waals surface area contributed by atoms with E-state index >= 15 is 0 Å². The Morgan fingerprint density at radius 3 is 1.78 bits per heavy atom. The first kappa shape index (κ1) is 21.0. The normalized spacial score (nSPS) is 15.1. The quantitative estimate of drug-likeness (QED) is 0.232. The molecule has 0 unspecified atom stereocenters. The summed E-state index contributed by atoms with van der Waals surface area (Å²) in [6.45, 7) is 2.02. The van der Waals surface area contributed by atoms with E-state index in [1.165, 1.54) is 12.6 Å². The smallest absolute Gasteiger partial charge is 0.0538 e. The molecule has 0 spiro atoms. The molecule has 2 aliphatic rings. The van der Waals surface area contributed by atoms with Crippen LogP contribution in [0.25, 0.3) is 0 Å². The summed E-state index contributed by atoms with van der Waals surface area (Å²) >= 11 is -2.74. The van der Waals surface area contributed by atoms with E-state index in [0.29, 0.717) is 6.54 Å². The molecule has 0 saturated carbocycles. The summed E-state index contributed by atoms with van der Waals surface area (Å²) in [5.41, 5.74) is 0. The molecule has 0 aromatic carbocycles. The van der Waals surface area contributed by atoms with Gasteiger partial charge in [-0.15, -0.1) is 0 Å². The van der Waals surface area contributed by atoms with E-state index in [1.807, 2.05) is 12.2 Å². The van der Waals surface area contributed by atoms with Gasteiger partial charge in [-0.05, 0) is 17.3 Å². The Hall–Kier alpha value is -1.98. The number of hydrogen-bond donors (Lipinski definition) is 0. The Kier molecular flexibility index (Phi) is 12.5. The van der Waals surface area contributed by atoms with Gasteiger partial charge in [-0.25, -0.2) is 0 Å². The van der Waals surface area contributed by atoms with E-state index in [-0.39, 0.29) is 0 Å². The minimum absolute atomic E-state index is 0.497. The number of allylic oxidation sites excluding steroid dienone is 2. The minimum Gasteiger partial charge on any atom is -0.0538 e. The summed E-state index contributed by atoms with van der Waals surface area (Å²) in [7, 11) is 0. The van der Waals surface area contributed by atoms with Crippen LogP contribution < -0.4 is 0 Å². The summed E-state index contributed by atoms with van der Waals surface area (Å²) in [6, 6.07) is 0. The van der Waals surface area contributed by atoms with Crippen molar-refractivity contribution in [2.45, 2.75) is 19.3 Å². The summed E-state index contributed by atoms with van der Waals surface area (Å²) in [4.78, 5) is 39.3. The van der Waals surface area contributed by atoms with Crippen molar-refractivity contribution in [3.63, 3.8) is 0 Å². The van der Waals surface area contributed by atoms with Crippen LogP contribution in [0.15, 0.2) is 24.4 Å². The number of nitrogens with zero attached hydrogens (tertiary/aromatic N) is 4. The predicted molar refractivity (Wildman–Crippen MR) is 70.1 cm³/mol. The Morgan fingerprint density at radius 1 is 0.957 bits per heavy atom. The van der Waals surface area contributed by atoms with Crippen molar-refractivity contribution in [3.8, 4) is 0 Å². The second-order valence-electron chi connectivity index (χ2n) is 4.18. The second-order valence-corrected chi connectivity index (χ2v) is 7.11. The number of rotatable bonds is 4. The zero-order valence-corrected chi connectivity index (χ0v) is 17.8. The van der Waals surface area contributed by atoms with Gasteiger partial charge in [0, 0.05) is 33.5 Å². The first-order chi connectivity index (χ1) is 10.9. The molecule has 2 aliphatic heterocycles. The van der Waals surface area contributed by atoms with Gasteiger partial charge in [0.2, 0.25) is 12.7 Å². The molecular formula is C10H16HgN4O8+2. The van der Waals surface area contributed by atoms with E-state index in [4.69, 9.17) is 0 Å². The van der Waals surface area contributed by atoms with E-state index in [9.17, 15) is 30.0 Å². The standard InChI is InChI=1S/C5H10NO.C5H6NO.Hg.2NO3/c2*7-6-4-2-1-3-5-6;;2*2-1(3)4/h1-5H2;1-4H,5H2;;;/q2*+1;+2;2*-1. The molecule has 0 bridgehead atoms. The maximum absolute atomic E-state index is 10.4. The first-order valence-corrected chi connectivity index (χ1v) is 11.1. The van der Waals surface area contributed by atoms with Crippen LogP contribution in [0.4, 0.5) is 0 Å². The van der Waals surface area contributed by atoms with Gasteiger partial charge >= 0.3 is 61.4 Å². The van der Waals surface area contributed by atoms with Gasteiger partial charge in [0.25, 0.3) is 0 Å². The molecule has 0 atom stereocenters. The van der Waals surface area contributed by atoms with Crippen LogP contribution in [0.5, 0.6) is 0 Å². The van der Waals surface area contributed by atoms with E-state index in [1.54, 1.807) is 6.08 Å². The Labute approximate surface area is 144 Å². The molecule has 1 fully saturated rings. The minimum atomic E-state index is -2.74. The molecule has 2 rings (SSSR count). The Bertz CT molecular complexity index is 459. The molecule has 2 heterocycles. The Morgan fingerprint density at radius 2 is 1.52 bits per heavy atom. The van der Waals surface area contributed by atoms with Gasteiger partial charge in [-0.2, -0.15) is 0 Å². The van der Waals surface area contributed by atoms with Crippen molar-refractivity contribution in [1.29, 1.82) is 0 Å². The van der Waals surface area contributed by atoms with Crippen molar-refractivity contribution in [3.05, 3.63) is 54.5 Å². The van der Waals surface area contributed by atoms with Crippen molar-refractivity contribution in [2.75, 3.05) is 19.6 Å². The van der Waals surface area contributed by atoms with Crippen LogP contribution in [0.3, 0.4) is 0 Å². The SMILES string of the molecule is O=[N+]([O-])[O][Hg][O][N+](=O)[O-].O=[N+]1C=CC=CC1.O=[N+]1CCCCC1. The topological polar surface area (TPSA) is 145 Å². The average molecular weight is 521 g/mol. The van der Waals surface area contributed by atoms with E-state index < -0.39 is 35.7 Å². The number of hydrogen-bond acceptors (Lipinski definition) is 8. The van der Waals surface area contributed by atoms with Crippen molar-refractivity contribution < 1.29 is 50.7 Å². The molecule has 0 N–H and O–H groups in total. The fourth-order valence-corrected chi connectivity index (χ4v) is 2.28. The molecule has 0 aromatic heterocycles. The maximum Gasteiger partial charge on any atom is 0.221 e. The van der Waals surface area contributed by atoms with Crippen LogP contribution in [0.2, 0.25) is 0 Å². The molecule has 0 aliphatic carbocycles. The third-order valence-corrected chi connectivity index (χ3v) is 4.87. The second kappa shape index (κ2) is 13.7. The van der Waals surface area contributed by atoms with Gasteiger partial charge in [-0.1, -0.05) is 6.08 Å². The molecule has 0 aromatic rings. The third-order valence-electron chi connectivity index (χ3n) is 2.42. The first-order valence-electron chi connectivity index (χ1n) is 6.65. The molecule has 0 amide bonds. The molecular weight excluding hydrogens is 505 g/mol. The third kappa shape index (κ3) is 16.2. The zero-order valence-electron chi connectivity index (χ0n) is 12.3. The van der Waals surface area contributed by atoms with Gasteiger partial charge in [0.05, 0.1) is 0 Å². The largest absolute Gasteiger partial charge is 0.221 e. The molecule has 13 heteroatoms. The molecule has 0 radical (unpaired) electrons. The predicted octanol–water partition coefficient (Wildman–Crippen LogP) is 1.11. The summed E-state index contributed by atoms with van der Waals surface area (Å²) in [5.74, 6) is 0. The molecule has 23 heavy (non-hydrogen) atoms. The van der Waals surface area contributed by atoms with Crippen LogP contribution in [-0.2, 0) is 31.0 Å². The van der Waals surface area contributed by atoms with Gasteiger partial charge in [0.15, 0.2) is 13.1 Å². The van der Waals surface area contributed by atoms with Crippen LogP contribution in [0.1, 0.15) is 19.3 Å². The van der Waals surface area contributed by atoms with E-state index in [2.05, 4.69) is 5.49 Å². The van der Waals surface area contributed by atoms with Gasteiger partial charge in [0.1, 0.15) is 0 Å². The fourth-order valence-electron chi connectivity index (χ4n) is 1.42. The van der Waals surface area contributed by atoms with Crippen LogP contribution >= 0.6 is 0 Å². The summed E-state index contributed by atoms with van der Waals surface area (Å²) in [6.07, 6.45) is 10.3. The van der Waals surface area contributed by atoms with Crippen LogP contribution in [-0.4, -0.2) is 39.3 Å².